The lowest BCUT2D eigenvalue weighted by atomic mass is 9.44. The number of aromatic nitrogens is 4. The minimum atomic E-state index is -0.698. The van der Waals surface area contributed by atoms with E-state index in [1.54, 1.807) is 12.7 Å². The molecule has 2 saturated heterocycles. The molecule has 284 valence electrons. The van der Waals surface area contributed by atoms with Crippen molar-refractivity contribution in [3.8, 4) is 0 Å². The highest BCUT2D eigenvalue weighted by molar-refractivity contribution is 5.86. The summed E-state index contributed by atoms with van der Waals surface area (Å²) in [5, 5.41) is 11.8. The van der Waals surface area contributed by atoms with Crippen molar-refractivity contribution in [1.29, 1.82) is 0 Å². The highest BCUT2D eigenvalue weighted by Crippen LogP contribution is 2.68. The van der Waals surface area contributed by atoms with Crippen LogP contribution in [0.15, 0.2) is 25.3 Å². The molecule has 2 aliphatic heterocycles. The van der Waals surface area contributed by atoms with Crippen LogP contribution in [0, 0.1) is 34.0 Å². The third-order valence-electron chi connectivity index (χ3n) is 14.5. The first-order valence-corrected chi connectivity index (χ1v) is 19.4. The van der Waals surface area contributed by atoms with Crippen LogP contribution in [0.4, 0.5) is 5.82 Å². The predicted octanol–water partition coefficient (Wildman–Crippen LogP) is 3.19. The van der Waals surface area contributed by atoms with E-state index in [-0.39, 0.29) is 59.5 Å². The Morgan fingerprint density at radius 3 is 2.60 bits per heavy atom. The number of aryl methyl sites for hydroxylation is 1. The maximum Gasteiger partial charge on any atom is 0.320 e. The number of amides is 1. The first-order valence-electron chi connectivity index (χ1n) is 19.4. The molecule has 0 aromatic carbocycles. The number of carbonyl (C=O) groups is 3. The van der Waals surface area contributed by atoms with E-state index in [4.69, 9.17) is 10.5 Å². The van der Waals surface area contributed by atoms with E-state index in [0.717, 1.165) is 50.1 Å². The van der Waals surface area contributed by atoms with Crippen LogP contribution < -0.4 is 10.6 Å². The van der Waals surface area contributed by atoms with Crippen molar-refractivity contribution >= 4 is 34.6 Å². The topological polar surface area (TPSA) is 160 Å². The zero-order chi connectivity index (χ0) is 37.2. The smallest absolute Gasteiger partial charge is 0.320 e. The van der Waals surface area contributed by atoms with Crippen molar-refractivity contribution in [2.24, 2.45) is 39.7 Å². The van der Waals surface area contributed by atoms with Gasteiger partial charge in [0.05, 0.1) is 19.0 Å². The largest absolute Gasteiger partial charge is 0.461 e. The van der Waals surface area contributed by atoms with E-state index < -0.39 is 23.0 Å². The van der Waals surface area contributed by atoms with Gasteiger partial charge in [0.1, 0.15) is 18.2 Å². The van der Waals surface area contributed by atoms with E-state index in [9.17, 15) is 19.5 Å². The summed E-state index contributed by atoms with van der Waals surface area (Å²) in [6, 6.07) is 0.0728. The van der Waals surface area contributed by atoms with Gasteiger partial charge in [-0.25, -0.2) is 15.0 Å². The van der Waals surface area contributed by atoms with Crippen molar-refractivity contribution < 1.29 is 24.2 Å². The quantitative estimate of drug-likeness (QED) is 0.305. The summed E-state index contributed by atoms with van der Waals surface area (Å²) in [7, 11) is 0. The van der Waals surface area contributed by atoms with Crippen LogP contribution in [0.5, 0.6) is 0 Å². The van der Waals surface area contributed by atoms with Crippen molar-refractivity contribution in [1.82, 2.24) is 29.3 Å². The third kappa shape index (κ3) is 6.04. The zero-order valence-corrected chi connectivity index (χ0v) is 31.7. The number of fused-ring (bicyclic) bond motifs is 1. The fraction of sp³-hybridized carbons (Fsp3) is 0.744. The molecule has 1 amide bonds. The lowest BCUT2D eigenvalue weighted by Crippen LogP contribution is -2.63. The lowest BCUT2D eigenvalue weighted by Gasteiger charge is -2.61. The fourth-order valence-corrected chi connectivity index (χ4v) is 10.9. The number of nitrogens with two attached hydrogens (primary N) is 1. The predicted molar refractivity (Wildman–Crippen MR) is 197 cm³/mol. The van der Waals surface area contributed by atoms with Crippen LogP contribution >= 0.6 is 0 Å². The van der Waals surface area contributed by atoms with Crippen molar-refractivity contribution in [2.45, 2.75) is 110 Å². The average Bonchev–Trinajstić information content (AvgIpc) is 3.85. The number of hydrogen-bond acceptors (Lipinski definition) is 11. The molecular weight excluding hydrogens is 660 g/mol. The third-order valence-corrected chi connectivity index (χ3v) is 14.5. The Kier molecular flexibility index (Phi) is 9.78. The number of ether oxygens (including phenoxy) is 1. The zero-order valence-electron chi connectivity index (χ0n) is 31.7. The Morgan fingerprint density at radius 2 is 1.88 bits per heavy atom. The Hall–Kier alpha value is -3.42. The minimum absolute atomic E-state index is 0.0469. The molecule has 4 heterocycles. The normalized spacial score (nSPS) is 38.2. The second-order valence-corrected chi connectivity index (χ2v) is 17.3. The number of rotatable bonds is 8. The molecule has 10 atom stereocenters. The van der Waals surface area contributed by atoms with Gasteiger partial charge in [-0.1, -0.05) is 33.8 Å². The molecule has 52 heavy (non-hydrogen) atoms. The molecule has 7 rings (SSSR count). The van der Waals surface area contributed by atoms with Gasteiger partial charge in [0.2, 0.25) is 5.91 Å². The van der Waals surface area contributed by atoms with Gasteiger partial charge < -0.3 is 29.9 Å². The molecule has 3 aliphatic carbocycles. The summed E-state index contributed by atoms with van der Waals surface area (Å²) in [6.45, 7) is 18.4. The fourth-order valence-electron chi connectivity index (χ4n) is 10.9. The van der Waals surface area contributed by atoms with Gasteiger partial charge in [-0.15, -0.1) is 6.58 Å². The van der Waals surface area contributed by atoms with E-state index in [1.807, 2.05) is 29.4 Å². The molecule has 1 unspecified atom stereocenters. The Morgan fingerprint density at radius 1 is 1.10 bits per heavy atom. The second kappa shape index (κ2) is 13.8. The Balaban J connectivity index is 0.990. The summed E-state index contributed by atoms with van der Waals surface area (Å²) in [5.74, 6) is 0.595. The molecule has 13 heteroatoms. The number of esters is 1. The van der Waals surface area contributed by atoms with Gasteiger partial charge in [-0.05, 0) is 56.3 Å². The monoisotopic (exact) mass is 718 g/mol. The Labute approximate surface area is 307 Å². The van der Waals surface area contributed by atoms with Gasteiger partial charge in [0, 0.05) is 80.9 Å². The highest BCUT2D eigenvalue weighted by atomic mass is 16.5. The molecule has 3 saturated carbocycles. The van der Waals surface area contributed by atoms with Gasteiger partial charge >= 0.3 is 5.97 Å². The molecule has 0 radical (unpaired) electrons. The van der Waals surface area contributed by atoms with Gasteiger partial charge in [-0.3, -0.25) is 19.3 Å². The van der Waals surface area contributed by atoms with Crippen LogP contribution in [-0.4, -0.2) is 116 Å². The lowest BCUT2D eigenvalue weighted by molar-refractivity contribution is -0.207. The van der Waals surface area contributed by atoms with Crippen LogP contribution in [0.1, 0.15) is 79.6 Å². The van der Waals surface area contributed by atoms with Crippen molar-refractivity contribution in [3.05, 3.63) is 25.3 Å². The summed E-state index contributed by atoms with van der Waals surface area (Å²) in [4.78, 5) is 60.7. The minimum Gasteiger partial charge on any atom is -0.461 e. The number of ketones is 1. The van der Waals surface area contributed by atoms with E-state index in [1.165, 1.54) is 0 Å². The number of anilines is 1. The molecule has 3 N–H and O–H groups in total. The number of Topliss-reactive ketones (excluding diaryl/α,β-unsaturated/α-hetero) is 1. The summed E-state index contributed by atoms with van der Waals surface area (Å²) in [6.07, 6.45) is 8.61. The molecule has 5 fully saturated rings. The number of imidazole rings is 1. The summed E-state index contributed by atoms with van der Waals surface area (Å²) in [5.41, 5.74) is 6.01. The summed E-state index contributed by atoms with van der Waals surface area (Å²) < 4.78 is 8.42. The van der Waals surface area contributed by atoms with Gasteiger partial charge in [0.25, 0.3) is 0 Å². The first kappa shape index (κ1) is 36.9. The number of aliphatic hydroxyl groups is 1. The van der Waals surface area contributed by atoms with Crippen molar-refractivity contribution in [2.75, 3.05) is 44.2 Å². The first-order chi connectivity index (χ1) is 24.7. The van der Waals surface area contributed by atoms with E-state index in [0.29, 0.717) is 51.1 Å². The SMILES string of the molecule is C=C[C@]1(C)C[C@@H](OC(=O)CN2CCN(C(=O)CCn3cnc4c(N5CCC(N)C5)ncnc43)C[C@H]2C)[C@]2(C)[C@H](C)CC[C@]3(CCC(=O)[C@@H]32)[C@@H](C)[C@@H]1O. The number of carbonyl (C=O) groups excluding carboxylic acids is 3. The van der Waals surface area contributed by atoms with Gasteiger partial charge in [0.15, 0.2) is 17.0 Å². The molecule has 5 aliphatic rings. The Bertz CT molecular complexity index is 1720. The second-order valence-electron chi connectivity index (χ2n) is 17.3. The van der Waals surface area contributed by atoms with Crippen LogP contribution in [0.25, 0.3) is 11.2 Å². The van der Waals surface area contributed by atoms with Crippen molar-refractivity contribution in [3.63, 3.8) is 0 Å². The van der Waals surface area contributed by atoms with Crippen LogP contribution in [0.3, 0.4) is 0 Å². The number of aliphatic hydroxyl groups excluding tert-OH is 1. The molecule has 2 aromatic rings. The van der Waals surface area contributed by atoms with Crippen LogP contribution in [0.2, 0.25) is 0 Å². The number of nitrogens with zero attached hydrogens (tertiary/aromatic N) is 7. The van der Waals surface area contributed by atoms with Crippen LogP contribution in [-0.2, 0) is 25.7 Å². The molecule has 2 bridgehead atoms. The average molecular weight is 719 g/mol. The standard InChI is InChI=1S/C39H58N8O5/c1-7-37(5)18-29(38(6)24(2)8-12-39(26(4)34(37)51)13-9-28(48)33(38)39)52-31(50)21-44-16-17-45(19-25(44)3)30(49)11-15-47-23-43-32-35(41-22-42-36(32)47)46-14-10-27(40)20-46/h7,22-27,29,33-34,51H,1,8-21,40H2,2-6H3/t24-,25-,26+,27?,29-,33-,34+,37-,38+,39+/m1/s1. The highest BCUT2D eigenvalue weighted by Gasteiger charge is 2.68. The maximum absolute atomic E-state index is 13.9. The summed E-state index contributed by atoms with van der Waals surface area (Å²) >= 11 is 0. The maximum atomic E-state index is 13.9. The van der Waals surface area contributed by atoms with E-state index >= 15 is 0 Å². The molecule has 0 spiro atoms. The molecule has 2 aromatic heterocycles. The van der Waals surface area contributed by atoms with E-state index in [2.05, 4.69) is 52.1 Å². The molecular formula is C39H58N8O5. The number of piperazine rings is 1. The van der Waals surface area contributed by atoms with Gasteiger partial charge in [-0.2, -0.15) is 0 Å². The number of hydrogen-bond donors (Lipinski definition) is 2. The molecule has 13 nitrogen and oxygen atoms in total.